The Bertz CT molecular complexity index is 1900. The van der Waals surface area contributed by atoms with E-state index in [4.69, 9.17) is 31.0 Å². The maximum absolute atomic E-state index is 13.6. The summed E-state index contributed by atoms with van der Waals surface area (Å²) >= 11 is 6.78. The number of piperazine rings is 1. The van der Waals surface area contributed by atoms with Gasteiger partial charge in [-0.3, -0.25) is 14.6 Å². The lowest BCUT2D eigenvalue weighted by Crippen LogP contribution is -2.55. The fourth-order valence-electron chi connectivity index (χ4n) is 9.41. The summed E-state index contributed by atoms with van der Waals surface area (Å²) in [6, 6.07) is 14.9. The first-order valence-electron chi connectivity index (χ1n) is 19.4. The van der Waals surface area contributed by atoms with E-state index in [1.807, 2.05) is 23.1 Å². The van der Waals surface area contributed by atoms with Gasteiger partial charge < -0.3 is 24.2 Å². The molecule has 3 aromatic rings. The molecule has 0 N–H and O–H groups in total. The van der Waals surface area contributed by atoms with Crippen LogP contribution >= 0.6 is 11.6 Å². The number of halogens is 1. The number of benzene rings is 2. The number of rotatable bonds is 9. The highest BCUT2D eigenvalue weighted by Crippen LogP contribution is 2.40. The fraction of sp³-hybridized carbons (Fsp3) is 0.561. The molecule has 1 aromatic heterocycles. The molecular weight excluding hydrogens is 688 g/mol. The summed E-state index contributed by atoms with van der Waals surface area (Å²) in [5.74, 6) is 0.820. The Kier molecular flexibility index (Phi) is 10.2. The minimum Gasteiger partial charge on any atom is -0.461 e. The average molecular weight is 739 g/mol. The van der Waals surface area contributed by atoms with Crippen molar-refractivity contribution in [3.63, 3.8) is 0 Å². The van der Waals surface area contributed by atoms with Gasteiger partial charge in [-0.25, -0.2) is 0 Å². The van der Waals surface area contributed by atoms with Crippen LogP contribution in [0.3, 0.4) is 0 Å². The number of nitrogens with zero attached hydrogens (tertiary/aromatic N) is 8. The van der Waals surface area contributed by atoms with Crippen LogP contribution in [0.2, 0.25) is 5.02 Å². The summed E-state index contributed by atoms with van der Waals surface area (Å²) < 4.78 is 12.4. The van der Waals surface area contributed by atoms with E-state index in [2.05, 4.69) is 63.8 Å². The zero-order valence-corrected chi connectivity index (χ0v) is 31.9. The van der Waals surface area contributed by atoms with Crippen LogP contribution in [0.5, 0.6) is 6.01 Å². The third kappa shape index (κ3) is 7.44. The van der Waals surface area contributed by atoms with Gasteiger partial charge in [0.05, 0.1) is 53.5 Å². The molecule has 5 aliphatic rings. The normalized spacial score (nSPS) is 23.0. The van der Waals surface area contributed by atoms with Crippen molar-refractivity contribution in [1.29, 1.82) is 5.26 Å². The molecule has 53 heavy (non-hydrogen) atoms. The summed E-state index contributed by atoms with van der Waals surface area (Å²) in [5, 5.41) is 12.8. The molecule has 0 aliphatic carbocycles. The van der Waals surface area contributed by atoms with Gasteiger partial charge in [0, 0.05) is 68.5 Å². The van der Waals surface area contributed by atoms with Crippen molar-refractivity contribution < 1.29 is 14.3 Å². The van der Waals surface area contributed by atoms with Crippen molar-refractivity contribution in [2.24, 2.45) is 0 Å². The maximum Gasteiger partial charge on any atom is 0.318 e. The van der Waals surface area contributed by atoms with Gasteiger partial charge in [-0.2, -0.15) is 15.2 Å². The van der Waals surface area contributed by atoms with Crippen LogP contribution in [0.4, 0.5) is 11.5 Å². The molecule has 5 aliphatic heterocycles. The zero-order chi connectivity index (χ0) is 36.6. The van der Waals surface area contributed by atoms with Crippen LogP contribution in [0, 0.1) is 11.3 Å². The number of hydrogen-bond donors (Lipinski definition) is 0. The monoisotopic (exact) mass is 738 g/mol. The molecule has 0 bridgehead atoms. The van der Waals surface area contributed by atoms with Crippen molar-refractivity contribution >= 4 is 39.8 Å². The number of ether oxygens (including phenoxy) is 2. The standard InChI is InChI=1S/C41H51ClN8O3/c1-40(2)28-46(24-25-53-40)18-5-12-36(51)50-23-22-48(26-31(50)13-17-43)38-32-14-21-47(35-11-4-9-30-8-3-10-33(42)37(30)35)27-34(32)44-39(45-38)52-29-41-15-6-19-49(41)20-7-16-41/h3-5,8-12,31H,6-7,13-16,18-29H2,1-2H3/b12-5+/t31-/m0/s1. The molecule has 8 rings (SSSR count). The second-order valence-electron chi connectivity index (χ2n) is 16.0. The van der Waals surface area contributed by atoms with Gasteiger partial charge in [0.1, 0.15) is 12.4 Å². The van der Waals surface area contributed by atoms with E-state index >= 15 is 0 Å². The van der Waals surface area contributed by atoms with Gasteiger partial charge in [-0.05, 0) is 76.6 Å². The molecule has 4 fully saturated rings. The Morgan fingerprint density at radius 1 is 1.06 bits per heavy atom. The van der Waals surface area contributed by atoms with Gasteiger partial charge in [0.2, 0.25) is 5.91 Å². The Morgan fingerprint density at radius 2 is 1.87 bits per heavy atom. The molecule has 280 valence electrons. The minimum atomic E-state index is -0.259. The first-order chi connectivity index (χ1) is 25.7. The second kappa shape index (κ2) is 15.1. The van der Waals surface area contributed by atoms with E-state index in [9.17, 15) is 10.1 Å². The number of carbonyl (C=O) groups excluding carboxylic acids is 1. The zero-order valence-electron chi connectivity index (χ0n) is 31.1. The van der Waals surface area contributed by atoms with Crippen LogP contribution in [0.1, 0.15) is 57.2 Å². The first-order valence-corrected chi connectivity index (χ1v) is 19.7. The predicted molar refractivity (Wildman–Crippen MR) is 208 cm³/mol. The lowest BCUT2D eigenvalue weighted by Gasteiger charge is -2.42. The average Bonchev–Trinajstić information content (AvgIpc) is 3.74. The SMILES string of the molecule is CC1(C)CN(C/C=C/C(=O)N2CCN(c3nc(OCC45CCCN4CCC5)nc4c3CCN(c3cccc5cccc(Cl)c35)C4)C[C@@H]2CC#N)CCO1. The van der Waals surface area contributed by atoms with Crippen molar-refractivity contribution in [3.05, 3.63) is 64.8 Å². The molecule has 6 heterocycles. The van der Waals surface area contributed by atoms with Gasteiger partial charge in [0.25, 0.3) is 0 Å². The largest absolute Gasteiger partial charge is 0.461 e. The quantitative estimate of drug-likeness (QED) is 0.264. The molecule has 11 nitrogen and oxygen atoms in total. The molecular formula is C41H51ClN8O3. The van der Waals surface area contributed by atoms with E-state index in [0.29, 0.717) is 51.9 Å². The van der Waals surface area contributed by atoms with E-state index in [0.717, 1.165) is 90.5 Å². The highest BCUT2D eigenvalue weighted by atomic mass is 35.5. The summed E-state index contributed by atoms with van der Waals surface area (Å²) in [4.78, 5) is 35.2. The lowest BCUT2D eigenvalue weighted by molar-refractivity contribution is -0.128. The number of hydrogen-bond acceptors (Lipinski definition) is 10. The van der Waals surface area contributed by atoms with E-state index in [1.54, 1.807) is 6.08 Å². The summed E-state index contributed by atoms with van der Waals surface area (Å²) in [6.45, 7) is 13.1. The molecule has 4 saturated heterocycles. The Morgan fingerprint density at radius 3 is 2.66 bits per heavy atom. The third-order valence-corrected chi connectivity index (χ3v) is 12.3. The topological polar surface area (TPSA) is 101 Å². The van der Waals surface area contributed by atoms with Crippen LogP contribution in [0.15, 0.2) is 48.6 Å². The molecule has 0 spiro atoms. The van der Waals surface area contributed by atoms with Crippen LogP contribution in [-0.4, -0.2) is 120 Å². The van der Waals surface area contributed by atoms with E-state index in [1.165, 1.54) is 12.8 Å². The highest BCUT2D eigenvalue weighted by Gasteiger charge is 2.45. The molecule has 0 unspecified atom stereocenters. The summed E-state index contributed by atoms with van der Waals surface area (Å²) in [7, 11) is 0. The summed E-state index contributed by atoms with van der Waals surface area (Å²) in [5.41, 5.74) is 3.05. The molecule has 0 radical (unpaired) electrons. The third-order valence-electron chi connectivity index (χ3n) is 12.0. The number of fused-ring (bicyclic) bond motifs is 3. The maximum atomic E-state index is 13.6. The number of amides is 1. The van der Waals surface area contributed by atoms with Crippen molar-refractivity contribution in [3.8, 4) is 12.1 Å². The van der Waals surface area contributed by atoms with Gasteiger partial charge in [0.15, 0.2) is 0 Å². The molecule has 12 heteroatoms. The van der Waals surface area contributed by atoms with E-state index in [-0.39, 0.29) is 29.5 Å². The predicted octanol–water partition coefficient (Wildman–Crippen LogP) is 5.45. The number of carbonyl (C=O) groups is 1. The van der Waals surface area contributed by atoms with Crippen LogP contribution in [-0.2, 0) is 22.5 Å². The van der Waals surface area contributed by atoms with Crippen molar-refractivity contribution in [1.82, 2.24) is 24.7 Å². The Hall–Kier alpha value is -3.95. The van der Waals surface area contributed by atoms with E-state index < -0.39 is 0 Å². The highest BCUT2D eigenvalue weighted by molar-refractivity contribution is 6.36. The number of nitriles is 1. The molecule has 1 amide bonds. The van der Waals surface area contributed by atoms with Crippen molar-refractivity contribution in [2.75, 3.05) is 81.9 Å². The van der Waals surface area contributed by atoms with Crippen molar-refractivity contribution in [2.45, 2.75) is 76.1 Å². The lowest BCUT2D eigenvalue weighted by atomic mass is 9.95. The Labute approximate surface area is 318 Å². The second-order valence-corrected chi connectivity index (χ2v) is 16.4. The van der Waals surface area contributed by atoms with Gasteiger partial charge in [-0.15, -0.1) is 0 Å². The van der Waals surface area contributed by atoms with Crippen LogP contribution < -0.4 is 14.5 Å². The number of morpholine rings is 1. The minimum absolute atomic E-state index is 0.0486. The Balaban J connectivity index is 1.05. The van der Waals surface area contributed by atoms with Crippen LogP contribution in [0.25, 0.3) is 10.8 Å². The molecule has 2 aromatic carbocycles. The number of anilines is 2. The summed E-state index contributed by atoms with van der Waals surface area (Å²) in [6.07, 6.45) is 9.33. The molecule has 1 atom stereocenters. The number of aromatic nitrogens is 2. The molecule has 0 saturated carbocycles. The fourth-order valence-corrected chi connectivity index (χ4v) is 9.68. The van der Waals surface area contributed by atoms with Gasteiger partial charge >= 0.3 is 6.01 Å². The first kappa shape index (κ1) is 36.0. The smallest absolute Gasteiger partial charge is 0.318 e. The van der Waals surface area contributed by atoms with Gasteiger partial charge in [-0.1, -0.05) is 41.9 Å².